The summed E-state index contributed by atoms with van der Waals surface area (Å²) in [6.07, 6.45) is -4.42. The average molecular weight is 276 g/mol. The molecule has 0 amide bonds. The number of pyridine rings is 1. The minimum Gasteiger partial charge on any atom is -0.479 e. The molecule has 2 rings (SSSR count). The van der Waals surface area contributed by atoms with E-state index >= 15 is 0 Å². The van der Waals surface area contributed by atoms with Gasteiger partial charge < -0.3 is 14.7 Å². The van der Waals surface area contributed by atoms with Crippen LogP contribution in [0.1, 0.15) is 5.56 Å². The van der Waals surface area contributed by atoms with Gasteiger partial charge in [0.1, 0.15) is 5.82 Å². The maximum absolute atomic E-state index is 12.8. The first kappa shape index (κ1) is 13.6. The van der Waals surface area contributed by atoms with E-state index < -0.39 is 23.8 Å². The Labute approximate surface area is 106 Å². The van der Waals surface area contributed by atoms with E-state index in [0.717, 1.165) is 6.07 Å². The molecule has 0 spiro atoms. The number of carbonyl (C=O) groups is 1. The summed E-state index contributed by atoms with van der Waals surface area (Å²) >= 11 is 0. The molecule has 1 aromatic heterocycles. The quantitative estimate of drug-likeness (QED) is 0.884. The zero-order chi connectivity index (χ0) is 14.0. The van der Waals surface area contributed by atoms with Crippen LogP contribution in [0.25, 0.3) is 0 Å². The number of anilines is 1. The minimum atomic E-state index is -4.53. The van der Waals surface area contributed by atoms with Crippen molar-refractivity contribution < 1.29 is 27.8 Å². The summed E-state index contributed by atoms with van der Waals surface area (Å²) < 4.78 is 43.5. The van der Waals surface area contributed by atoms with E-state index in [4.69, 9.17) is 9.84 Å². The van der Waals surface area contributed by atoms with Gasteiger partial charge in [0.15, 0.2) is 6.10 Å². The van der Waals surface area contributed by atoms with Gasteiger partial charge >= 0.3 is 12.1 Å². The molecule has 1 fully saturated rings. The van der Waals surface area contributed by atoms with Crippen molar-refractivity contribution in [2.45, 2.75) is 12.3 Å². The van der Waals surface area contributed by atoms with Crippen molar-refractivity contribution in [1.29, 1.82) is 0 Å². The summed E-state index contributed by atoms with van der Waals surface area (Å²) in [5, 5.41) is 8.84. The number of aliphatic carboxylic acids is 1. The first-order valence-electron chi connectivity index (χ1n) is 5.51. The number of carboxylic acids is 1. The highest BCUT2D eigenvalue weighted by molar-refractivity contribution is 5.73. The Balaban J connectivity index is 2.29. The number of morpholine rings is 1. The highest BCUT2D eigenvalue weighted by atomic mass is 19.4. The van der Waals surface area contributed by atoms with Gasteiger partial charge in [0.05, 0.1) is 18.7 Å². The molecule has 1 aliphatic rings. The van der Waals surface area contributed by atoms with Gasteiger partial charge in [-0.2, -0.15) is 13.2 Å². The highest BCUT2D eigenvalue weighted by Gasteiger charge is 2.37. The van der Waals surface area contributed by atoms with Crippen LogP contribution >= 0.6 is 0 Å². The molecule has 0 bridgehead atoms. The van der Waals surface area contributed by atoms with Gasteiger partial charge in [-0.25, -0.2) is 9.78 Å². The van der Waals surface area contributed by atoms with Crippen LogP contribution in [0.2, 0.25) is 0 Å². The maximum atomic E-state index is 12.8. The lowest BCUT2D eigenvalue weighted by molar-refractivity contribution is -0.150. The van der Waals surface area contributed by atoms with E-state index in [0.29, 0.717) is 0 Å². The molecule has 0 radical (unpaired) electrons. The third-order valence-electron chi connectivity index (χ3n) is 2.73. The second-order valence-electron chi connectivity index (χ2n) is 4.02. The third-order valence-corrected chi connectivity index (χ3v) is 2.73. The molecule has 2 heterocycles. The zero-order valence-electron chi connectivity index (χ0n) is 9.72. The molecular weight excluding hydrogens is 265 g/mol. The van der Waals surface area contributed by atoms with Crippen LogP contribution in [0.5, 0.6) is 0 Å². The summed E-state index contributed by atoms with van der Waals surface area (Å²) in [5.41, 5.74) is -0.874. The Morgan fingerprint density at radius 3 is 2.89 bits per heavy atom. The molecule has 0 aliphatic carbocycles. The fraction of sp³-hybridized carbons (Fsp3) is 0.455. The predicted molar refractivity (Wildman–Crippen MR) is 58.8 cm³/mol. The largest absolute Gasteiger partial charge is 0.479 e. The number of aromatic nitrogens is 1. The number of hydrogen-bond acceptors (Lipinski definition) is 4. The van der Waals surface area contributed by atoms with E-state index in [1.54, 1.807) is 0 Å². The standard InChI is InChI=1S/C11H11F3N2O3/c12-11(13,14)7-2-1-3-15-9(7)16-4-5-19-8(6-16)10(17)18/h1-3,8H,4-6H2,(H,17,18)/t8-/m0/s1. The van der Waals surface area contributed by atoms with Gasteiger partial charge in [-0.1, -0.05) is 0 Å². The normalized spacial score (nSPS) is 20.4. The molecule has 1 aromatic rings. The second-order valence-corrected chi connectivity index (χ2v) is 4.02. The SMILES string of the molecule is O=C(O)[C@@H]1CN(c2ncccc2C(F)(F)F)CCO1. The number of halogens is 3. The summed E-state index contributed by atoms with van der Waals surface area (Å²) in [6, 6.07) is 2.12. The molecule has 5 nitrogen and oxygen atoms in total. The number of hydrogen-bond donors (Lipinski definition) is 1. The lowest BCUT2D eigenvalue weighted by atomic mass is 10.2. The highest BCUT2D eigenvalue weighted by Crippen LogP contribution is 2.35. The van der Waals surface area contributed by atoms with Crippen LogP contribution in [-0.2, 0) is 15.7 Å². The van der Waals surface area contributed by atoms with E-state index in [9.17, 15) is 18.0 Å². The van der Waals surface area contributed by atoms with E-state index in [2.05, 4.69) is 4.98 Å². The Morgan fingerprint density at radius 2 is 2.26 bits per heavy atom. The van der Waals surface area contributed by atoms with Crippen molar-refractivity contribution in [3.8, 4) is 0 Å². The van der Waals surface area contributed by atoms with Crippen LogP contribution in [0, 0.1) is 0 Å². The van der Waals surface area contributed by atoms with Crippen LogP contribution < -0.4 is 4.90 Å². The van der Waals surface area contributed by atoms with Crippen LogP contribution in [-0.4, -0.2) is 41.9 Å². The Kier molecular flexibility index (Phi) is 3.61. The molecule has 0 saturated carbocycles. The third kappa shape index (κ3) is 2.95. The molecule has 8 heteroatoms. The van der Waals surface area contributed by atoms with E-state index in [1.165, 1.54) is 17.2 Å². The van der Waals surface area contributed by atoms with Gasteiger partial charge in [0, 0.05) is 12.7 Å². The molecule has 1 aliphatic heterocycles. The maximum Gasteiger partial charge on any atom is 0.419 e. The Hall–Kier alpha value is -1.83. The summed E-state index contributed by atoms with van der Waals surface area (Å²) in [6.45, 7) is 0.0597. The van der Waals surface area contributed by atoms with Crippen molar-refractivity contribution in [1.82, 2.24) is 4.98 Å². The Bertz CT molecular complexity index is 478. The molecule has 1 atom stereocenters. The minimum absolute atomic E-state index is 0.0465. The molecule has 104 valence electrons. The van der Waals surface area contributed by atoms with E-state index in [1.807, 2.05) is 0 Å². The second kappa shape index (κ2) is 5.04. The molecule has 1 saturated heterocycles. The van der Waals surface area contributed by atoms with Gasteiger partial charge in [-0.05, 0) is 12.1 Å². The Morgan fingerprint density at radius 1 is 1.53 bits per heavy atom. The molecule has 1 N–H and O–H groups in total. The fourth-order valence-corrected chi connectivity index (χ4v) is 1.86. The number of ether oxygens (including phenoxy) is 1. The van der Waals surface area contributed by atoms with Crippen LogP contribution in [0.3, 0.4) is 0 Å². The molecular formula is C11H11F3N2O3. The summed E-state index contributed by atoms with van der Waals surface area (Å²) in [4.78, 5) is 15.8. The number of nitrogens with zero attached hydrogens (tertiary/aromatic N) is 2. The lowest BCUT2D eigenvalue weighted by Crippen LogP contribution is -2.47. The van der Waals surface area contributed by atoms with Crippen molar-refractivity contribution in [2.24, 2.45) is 0 Å². The predicted octanol–water partition coefficient (Wildman–Crippen LogP) is 1.39. The molecule has 0 aromatic carbocycles. The first-order valence-corrected chi connectivity index (χ1v) is 5.51. The van der Waals surface area contributed by atoms with Gasteiger partial charge in [0.2, 0.25) is 0 Å². The van der Waals surface area contributed by atoms with Gasteiger partial charge in [-0.15, -0.1) is 0 Å². The zero-order valence-corrected chi connectivity index (χ0v) is 9.72. The van der Waals surface area contributed by atoms with Crippen molar-refractivity contribution in [2.75, 3.05) is 24.6 Å². The lowest BCUT2D eigenvalue weighted by Gasteiger charge is -2.33. The summed E-state index contributed by atoms with van der Waals surface area (Å²) in [7, 11) is 0. The van der Waals surface area contributed by atoms with Crippen LogP contribution in [0.4, 0.5) is 19.0 Å². The van der Waals surface area contributed by atoms with E-state index in [-0.39, 0.29) is 25.5 Å². The van der Waals surface area contributed by atoms with Crippen LogP contribution in [0.15, 0.2) is 18.3 Å². The topological polar surface area (TPSA) is 62.7 Å². The van der Waals surface area contributed by atoms with Crippen molar-refractivity contribution in [3.05, 3.63) is 23.9 Å². The monoisotopic (exact) mass is 276 g/mol. The van der Waals surface area contributed by atoms with Gasteiger partial charge in [0.25, 0.3) is 0 Å². The fourth-order valence-electron chi connectivity index (χ4n) is 1.86. The summed E-state index contributed by atoms with van der Waals surface area (Å²) in [5.74, 6) is -1.46. The first-order chi connectivity index (χ1) is 8.89. The molecule has 0 unspecified atom stereocenters. The smallest absolute Gasteiger partial charge is 0.419 e. The van der Waals surface area contributed by atoms with Gasteiger partial charge in [-0.3, -0.25) is 0 Å². The molecule has 19 heavy (non-hydrogen) atoms. The number of rotatable bonds is 2. The van der Waals surface area contributed by atoms with Crippen molar-refractivity contribution in [3.63, 3.8) is 0 Å². The van der Waals surface area contributed by atoms with Crippen molar-refractivity contribution >= 4 is 11.8 Å². The average Bonchev–Trinajstić information content (AvgIpc) is 2.38. The number of carboxylic acid groups (broad SMARTS) is 1. The number of alkyl halides is 3.